The number of aliphatic hydroxyl groups excluding tert-OH is 1. The van der Waals surface area contributed by atoms with Gasteiger partial charge in [0.1, 0.15) is 5.76 Å². The van der Waals surface area contributed by atoms with E-state index in [2.05, 4.69) is 6.58 Å². The summed E-state index contributed by atoms with van der Waals surface area (Å²) < 4.78 is 0. The van der Waals surface area contributed by atoms with E-state index in [9.17, 15) is 0 Å². The number of allylic oxidation sites excluding steroid dienone is 1. The van der Waals surface area contributed by atoms with Crippen molar-refractivity contribution < 1.29 is 10.2 Å². The van der Waals surface area contributed by atoms with Crippen LogP contribution in [-0.2, 0) is 0 Å². The van der Waals surface area contributed by atoms with Gasteiger partial charge in [0.25, 0.3) is 0 Å². The molecule has 0 atom stereocenters. The minimum Gasteiger partial charge on any atom is -0.508 e. The van der Waals surface area contributed by atoms with Crippen LogP contribution in [0, 0.1) is 0 Å². The summed E-state index contributed by atoms with van der Waals surface area (Å²) in [7, 11) is 0. The normalized spacial score (nSPS) is 12.8. The molecule has 0 radical (unpaired) electrons. The average molecular weight is 115 g/mol. The summed E-state index contributed by atoms with van der Waals surface area (Å²) in [5.41, 5.74) is 0.653. The van der Waals surface area contributed by atoms with Crippen LogP contribution in [0.4, 0.5) is 0 Å². The summed E-state index contributed by atoms with van der Waals surface area (Å²) in [4.78, 5) is 0. The largest absolute Gasteiger partial charge is 0.508 e. The van der Waals surface area contributed by atoms with E-state index in [4.69, 9.17) is 10.2 Å². The molecule has 0 aliphatic carbocycles. The zero-order chi connectivity index (χ0) is 6.57. The Morgan fingerprint density at radius 1 is 1.88 bits per heavy atom. The Balaban J connectivity index is 4.03. The SMILES string of the molecule is C=C/C(O)=C(\C)C[OH2+]. The Bertz CT molecular complexity index is 114. The van der Waals surface area contributed by atoms with Crippen molar-refractivity contribution in [3.05, 3.63) is 24.0 Å². The smallest absolute Gasteiger partial charge is 0.169 e. The average Bonchev–Trinajstić information content (AvgIpc) is 1.84. The second kappa shape index (κ2) is 3.27. The van der Waals surface area contributed by atoms with Gasteiger partial charge in [-0.15, -0.1) is 0 Å². The highest BCUT2D eigenvalue weighted by atomic mass is 16.3. The van der Waals surface area contributed by atoms with Crippen LogP contribution in [0.3, 0.4) is 0 Å². The van der Waals surface area contributed by atoms with Crippen molar-refractivity contribution >= 4 is 0 Å². The van der Waals surface area contributed by atoms with Crippen molar-refractivity contribution in [2.24, 2.45) is 0 Å². The van der Waals surface area contributed by atoms with Crippen LogP contribution in [0.25, 0.3) is 0 Å². The molecule has 0 aromatic rings. The summed E-state index contributed by atoms with van der Waals surface area (Å²) in [6.07, 6.45) is 1.34. The first-order valence-electron chi connectivity index (χ1n) is 2.38. The molecule has 0 saturated carbocycles. The minimum atomic E-state index is 0.125. The highest BCUT2D eigenvalue weighted by molar-refractivity contribution is 5.14. The van der Waals surface area contributed by atoms with Gasteiger partial charge in [0.2, 0.25) is 0 Å². The summed E-state index contributed by atoms with van der Waals surface area (Å²) in [5.74, 6) is 0.125. The zero-order valence-electron chi connectivity index (χ0n) is 4.94. The van der Waals surface area contributed by atoms with Gasteiger partial charge in [-0.25, -0.2) is 0 Å². The van der Waals surface area contributed by atoms with Crippen LogP contribution in [0.15, 0.2) is 24.0 Å². The Hall–Kier alpha value is -0.760. The van der Waals surface area contributed by atoms with Gasteiger partial charge in [0.15, 0.2) is 6.61 Å². The van der Waals surface area contributed by atoms with Gasteiger partial charge in [-0.2, -0.15) is 0 Å². The van der Waals surface area contributed by atoms with Crippen LogP contribution in [-0.4, -0.2) is 16.8 Å². The Labute approximate surface area is 48.8 Å². The molecule has 0 spiro atoms. The standard InChI is InChI=1S/C6H10O2/c1-3-6(8)5(2)4-7/h3,7-8H,1,4H2,2H3/p+1/b6-5-. The predicted octanol–water partition coefficient (Wildman–Crippen LogP) is 0.729. The van der Waals surface area contributed by atoms with Crippen molar-refractivity contribution in [1.82, 2.24) is 0 Å². The molecule has 0 aliphatic heterocycles. The fourth-order valence-electron chi connectivity index (χ4n) is 0.265. The second-order valence-electron chi connectivity index (χ2n) is 1.55. The van der Waals surface area contributed by atoms with E-state index in [1.807, 2.05) is 0 Å². The van der Waals surface area contributed by atoms with Crippen LogP contribution < -0.4 is 0 Å². The molecule has 0 aromatic carbocycles. The molecule has 0 bridgehead atoms. The van der Waals surface area contributed by atoms with Crippen molar-refractivity contribution in [2.45, 2.75) is 6.92 Å². The van der Waals surface area contributed by atoms with E-state index in [0.717, 1.165) is 0 Å². The molecular formula is C6H11O2+. The molecule has 2 nitrogen and oxygen atoms in total. The fraction of sp³-hybridized carbons (Fsp3) is 0.333. The monoisotopic (exact) mass is 115 g/mol. The van der Waals surface area contributed by atoms with Gasteiger partial charge < -0.3 is 10.2 Å². The summed E-state index contributed by atoms with van der Waals surface area (Å²) in [6.45, 7) is 5.17. The van der Waals surface area contributed by atoms with Gasteiger partial charge in [0.05, 0.1) is 0 Å². The molecule has 0 rings (SSSR count). The molecule has 46 valence electrons. The number of aliphatic hydroxyl groups is 1. The number of hydrogen-bond acceptors (Lipinski definition) is 1. The van der Waals surface area contributed by atoms with Crippen molar-refractivity contribution in [3.8, 4) is 0 Å². The Morgan fingerprint density at radius 3 is 2.50 bits per heavy atom. The second-order valence-corrected chi connectivity index (χ2v) is 1.55. The van der Waals surface area contributed by atoms with Crippen molar-refractivity contribution in [3.63, 3.8) is 0 Å². The lowest BCUT2D eigenvalue weighted by Crippen LogP contribution is -1.88. The molecule has 0 saturated heterocycles. The van der Waals surface area contributed by atoms with E-state index in [0.29, 0.717) is 5.57 Å². The molecule has 3 N–H and O–H groups in total. The third kappa shape index (κ3) is 1.80. The zero-order valence-corrected chi connectivity index (χ0v) is 4.94. The van der Waals surface area contributed by atoms with E-state index >= 15 is 0 Å². The Morgan fingerprint density at radius 2 is 2.38 bits per heavy atom. The first-order valence-corrected chi connectivity index (χ1v) is 2.38. The number of hydrogen-bond donors (Lipinski definition) is 1. The molecule has 0 heterocycles. The van der Waals surface area contributed by atoms with Gasteiger partial charge >= 0.3 is 0 Å². The first-order chi connectivity index (χ1) is 3.72. The van der Waals surface area contributed by atoms with Gasteiger partial charge in [-0.1, -0.05) is 6.58 Å². The third-order valence-electron chi connectivity index (χ3n) is 0.896. The lowest BCUT2D eigenvalue weighted by Gasteiger charge is -1.91. The predicted molar refractivity (Wildman–Crippen MR) is 34.0 cm³/mol. The highest BCUT2D eigenvalue weighted by Crippen LogP contribution is 1.97. The van der Waals surface area contributed by atoms with Crippen molar-refractivity contribution in [2.75, 3.05) is 6.61 Å². The molecule has 0 amide bonds. The minimum absolute atomic E-state index is 0.125. The Kier molecular flexibility index (Phi) is 2.96. The van der Waals surface area contributed by atoms with Gasteiger partial charge in [0, 0.05) is 5.57 Å². The molecule has 2 heteroatoms. The molecule has 0 aliphatic rings. The molecule has 0 fully saturated rings. The summed E-state index contributed by atoms with van der Waals surface area (Å²) in [5, 5.41) is 15.5. The van der Waals surface area contributed by atoms with Crippen LogP contribution in [0.1, 0.15) is 6.92 Å². The lowest BCUT2D eigenvalue weighted by molar-refractivity contribution is 0.318. The quantitative estimate of drug-likeness (QED) is 0.322. The molecule has 0 unspecified atom stereocenters. The molecule has 0 aromatic heterocycles. The molecule has 8 heavy (non-hydrogen) atoms. The van der Waals surface area contributed by atoms with Crippen LogP contribution in [0.2, 0.25) is 0 Å². The van der Waals surface area contributed by atoms with Crippen LogP contribution in [0.5, 0.6) is 0 Å². The lowest BCUT2D eigenvalue weighted by atomic mass is 10.3. The van der Waals surface area contributed by atoms with E-state index in [-0.39, 0.29) is 12.4 Å². The van der Waals surface area contributed by atoms with Crippen LogP contribution >= 0.6 is 0 Å². The molecular weight excluding hydrogens is 104 g/mol. The maximum atomic E-state index is 8.77. The topological polar surface area (TPSA) is 43.1 Å². The maximum Gasteiger partial charge on any atom is 0.169 e. The third-order valence-corrected chi connectivity index (χ3v) is 0.896. The summed E-state index contributed by atoms with van der Waals surface area (Å²) >= 11 is 0. The highest BCUT2D eigenvalue weighted by Gasteiger charge is 1.93. The van der Waals surface area contributed by atoms with Gasteiger partial charge in [-0.3, -0.25) is 0 Å². The van der Waals surface area contributed by atoms with E-state index in [1.54, 1.807) is 6.92 Å². The fourth-order valence-corrected chi connectivity index (χ4v) is 0.265. The van der Waals surface area contributed by atoms with E-state index in [1.165, 1.54) is 6.08 Å². The maximum absolute atomic E-state index is 8.77. The van der Waals surface area contributed by atoms with E-state index < -0.39 is 0 Å². The van der Waals surface area contributed by atoms with Crippen molar-refractivity contribution in [1.29, 1.82) is 0 Å². The first kappa shape index (κ1) is 7.24. The summed E-state index contributed by atoms with van der Waals surface area (Å²) in [6, 6.07) is 0. The number of rotatable bonds is 2. The van der Waals surface area contributed by atoms with Gasteiger partial charge in [-0.05, 0) is 13.0 Å².